The minimum Gasteiger partial charge on any atom is -0.297 e. The van der Waals surface area contributed by atoms with Gasteiger partial charge in [-0.05, 0) is 12.0 Å². The smallest absolute Gasteiger partial charge is 0.208 e. The highest BCUT2D eigenvalue weighted by atomic mass is 32.2. The molecule has 4 nitrogen and oxygen atoms in total. The molecule has 1 atom stereocenters. The van der Waals surface area contributed by atoms with Crippen molar-refractivity contribution >= 4 is 10.0 Å². The fourth-order valence-electron chi connectivity index (χ4n) is 2.22. The van der Waals surface area contributed by atoms with E-state index in [0.29, 0.717) is 0 Å². The van der Waals surface area contributed by atoms with Crippen molar-refractivity contribution in [3.8, 4) is 0 Å². The number of benzene rings is 1. The van der Waals surface area contributed by atoms with E-state index in [1.54, 1.807) is 0 Å². The van der Waals surface area contributed by atoms with Crippen molar-refractivity contribution < 1.29 is 8.42 Å². The zero-order valence-electron chi connectivity index (χ0n) is 9.96. The lowest BCUT2D eigenvalue weighted by Crippen LogP contribution is -2.36. The van der Waals surface area contributed by atoms with Crippen molar-refractivity contribution in [3.63, 3.8) is 0 Å². The molecular formula is C12H18N2O2S. The number of likely N-dealkylation sites (tertiary alicyclic amines) is 1. The fourth-order valence-corrected chi connectivity index (χ4v) is 3.01. The summed E-state index contributed by atoms with van der Waals surface area (Å²) in [6.45, 7) is 2.63. The quantitative estimate of drug-likeness (QED) is 0.865. The van der Waals surface area contributed by atoms with Crippen LogP contribution in [0.2, 0.25) is 0 Å². The van der Waals surface area contributed by atoms with Gasteiger partial charge in [-0.15, -0.1) is 0 Å². The van der Waals surface area contributed by atoms with Crippen molar-refractivity contribution in [1.29, 1.82) is 0 Å². The number of nitrogens with one attached hydrogen (secondary N) is 1. The first-order chi connectivity index (χ1) is 8.03. The highest BCUT2D eigenvalue weighted by Gasteiger charge is 2.24. The molecule has 1 saturated heterocycles. The molecule has 0 unspecified atom stereocenters. The molecule has 1 heterocycles. The van der Waals surface area contributed by atoms with Crippen LogP contribution < -0.4 is 4.72 Å². The van der Waals surface area contributed by atoms with E-state index >= 15 is 0 Å². The highest BCUT2D eigenvalue weighted by Crippen LogP contribution is 2.13. The van der Waals surface area contributed by atoms with E-state index in [-0.39, 0.29) is 6.04 Å². The predicted molar refractivity (Wildman–Crippen MR) is 68.1 cm³/mol. The van der Waals surface area contributed by atoms with Gasteiger partial charge in [0.15, 0.2) is 0 Å². The molecule has 1 aromatic carbocycles. The van der Waals surface area contributed by atoms with Gasteiger partial charge in [0.25, 0.3) is 0 Å². The van der Waals surface area contributed by atoms with Crippen LogP contribution in [-0.4, -0.2) is 38.7 Å². The molecule has 1 N–H and O–H groups in total. The Morgan fingerprint density at radius 3 is 2.71 bits per heavy atom. The summed E-state index contributed by atoms with van der Waals surface area (Å²) in [4.78, 5) is 2.28. The Morgan fingerprint density at radius 1 is 1.35 bits per heavy atom. The summed E-state index contributed by atoms with van der Waals surface area (Å²) < 4.78 is 24.9. The van der Waals surface area contributed by atoms with E-state index in [1.165, 1.54) is 11.8 Å². The zero-order chi connectivity index (χ0) is 12.3. The van der Waals surface area contributed by atoms with Gasteiger partial charge in [0.1, 0.15) is 0 Å². The number of rotatable bonds is 4. The lowest BCUT2D eigenvalue weighted by atomic mass is 10.2. The van der Waals surface area contributed by atoms with Gasteiger partial charge in [-0.25, -0.2) is 13.1 Å². The van der Waals surface area contributed by atoms with Gasteiger partial charge >= 0.3 is 0 Å². The second-order valence-corrected chi connectivity index (χ2v) is 6.38. The van der Waals surface area contributed by atoms with Crippen LogP contribution in [0.5, 0.6) is 0 Å². The molecule has 0 spiro atoms. The van der Waals surface area contributed by atoms with Crippen molar-refractivity contribution in [2.45, 2.75) is 19.0 Å². The van der Waals surface area contributed by atoms with Crippen LogP contribution >= 0.6 is 0 Å². The summed E-state index contributed by atoms with van der Waals surface area (Å²) >= 11 is 0. The van der Waals surface area contributed by atoms with Crippen LogP contribution in [0.15, 0.2) is 30.3 Å². The second-order valence-electron chi connectivity index (χ2n) is 4.60. The zero-order valence-corrected chi connectivity index (χ0v) is 10.8. The summed E-state index contributed by atoms with van der Waals surface area (Å²) in [5.74, 6) is 0. The van der Waals surface area contributed by atoms with Gasteiger partial charge in [-0.3, -0.25) is 4.90 Å². The Hall–Kier alpha value is -0.910. The molecule has 1 aliphatic rings. The van der Waals surface area contributed by atoms with Crippen molar-refractivity contribution in [2.24, 2.45) is 0 Å². The van der Waals surface area contributed by atoms with Crippen LogP contribution in [-0.2, 0) is 16.6 Å². The lowest BCUT2D eigenvalue weighted by Gasteiger charge is -2.16. The summed E-state index contributed by atoms with van der Waals surface area (Å²) in [5.41, 5.74) is 1.27. The maximum atomic E-state index is 11.1. The second kappa shape index (κ2) is 5.16. The summed E-state index contributed by atoms with van der Waals surface area (Å²) in [6, 6.07) is 10.3. The van der Waals surface area contributed by atoms with E-state index in [1.807, 2.05) is 18.2 Å². The van der Waals surface area contributed by atoms with Crippen LogP contribution in [0.3, 0.4) is 0 Å². The molecule has 0 aromatic heterocycles. The van der Waals surface area contributed by atoms with Crippen LogP contribution in [0.1, 0.15) is 12.0 Å². The Morgan fingerprint density at radius 2 is 2.06 bits per heavy atom. The standard InChI is InChI=1S/C12H18N2O2S/c1-17(15,16)13-12-7-8-14(10-12)9-11-5-3-2-4-6-11/h2-6,12-13H,7-10H2,1H3/t12-/m0/s1. The van der Waals surface area contributed by atoms with E-state index in [9.17, 15) is 8.42 Å². The molecular weight excluding hydrogens is 236 g/mol. The lowest BCUT2D eigenvalue weighted by molar-refractivity contribution is 0.324. The average molecular weight is 254 g/mol. The largest absolute Gasteiger partial charge is 0.297 e. The SMILES string of the molecule is CS(=O)(=O)N[C@H]1CCN(Cc2ccccc2)C1. The minimum atomic E-state index is -3.08. The third-order valence-electron chi connectivity index (χ3n) is 2.90. The minimum absolute atomic E-state index is 0.0636. The van der Waals surface area contributed by atoms with Crippen LogP contribution in [0, 0.1) is 0 Å². The Balaban J connectivity index is 1.86. The molecule has 2 rings (SSSR count). The van der Waals surface area contributed by atoms with E-state index in [2.05, 4.69) is 21.8 Å². The van der Waals surface area contributed by atoms with Gasteiger partial charge in [-0.1, -0.05) is 30.3 Å². The van der Waals surface area contributed by atoms with Gasteiger partial charge in [0.2, 0.25) is 10.0 Å². The molecule has 1 aliphatic heterocycles. The van der Waals surface area contributed by atoms with Gasteiger partial charge in [0, 0.05) is 25.7 Å². The van der Waals surface area contributed by atoms with Crippen LogP contribution in [0.4, 0.5) is 0 Å². The molecule has 0 saturated carbocycles. The maximum absolute atomic E-state index is 11.1. The average Bonchev–Trinajstić information content (AvgIpc) is 2.64. The van der Waals surface area contributed by atoms with Gasteiger partial charge < -0.3 is 0 Å². The first-order valence-corrected chi connectivity index (χ1v) is 7.66. The van der Waals surface area contributed by atoms with E-state index < -0.39 is 10.0 Å². The van der Waals surface area contributed by atoms with Crippen molar-refractivity contribution in [3.05, 3.63) is 35.9 Å². The molecule has 0 aliphatic carbocycles. The summed E-state index contributed by atoms with van der Waals surface area (Å²) in [6.07, 6.45) is 2.10. The normalized spacial score (nSPS) is 21.8. The molecule has 0 radical (unpaired) electrons. The van der Waals surface area contributed by atoms with E-state index in [0.717, 1.165) is 26.1 Å². The Kier molecular flexibility index (Phi) is 3.81. The summed E-state index contributed by atoms with van der Waals surface area (Å²) in [5, 5.41) is 0. The Bertz CT molecular complexity index is 459. The number of nitrogens with zero attached hydrogens (tertiary/aromatic N) is 1. The molecule has 5 heteroatoms. The third kappa shape index (κ3) is 4.11. The van der Waals surface area contributed by atoms with Crippen molar-refractivity contribution in [1.82, 2.24) is 9.62 Å². The fraction of sp³-hybridized carbons (Fsp3) is 0.500. The van der Waals surface area contributed by atoms with Gasteiger partial charge in [0.05, 0.1) is 6.26 Å². The molecule has 1 aromatic rings. The maximum Gasteiger partial charge on any atom is 0.208 e. The van der Waals surface area contributed by atoms with Gasteiger partial charge in [-0.2, -0.15) is 0 Å². The number of hydrogen-bond acceptors (Lipinski definition) is 3. The van der Waals surface area contributed by atoms with E-state index in [4.69, 9.17) is 0 Å². The number of hydrogen-bond donors (Lipinski definition) is 1. The Labute approximate surface area is 103 Å². The molecule has 17 heavy (non-hydrogen) atoms. The monoisotopic (exact) mass is 254 g/mol. The first kappa shape index (κ1) is 12.5. The molecule has 0 amide bonds. The number of sulfonamides is 1. The van der Waals surface area contributed by atoms with Crippen LogP contribution in [0.25, 0.3) is 0 Å². The third-order valence-corrected chi connectivity index (χ3v) is 3.66. The molecule has 0 bridgehead atoms. The summed E-state index contributed by atoms with van der Waals surface area (Å²) in [7, 11) is -3.08. The molecule has 94 valence electrons. The molecule has 1 fully saturated rings. The van der Waals surface area contributed by atoms with Crippen molar-refractivity contribution in [2.75, 3.05) is 19.3 Å². The topological polar surface area (TPSA) is 49.4 Å². The highest BCUT2D eigenvalue weighted by molar-refractivity contribution is 7.88. The first-order valence-electron chi connectivity index (χ1n) is 5.76. The predicted octanol–water partition coefficient (Wildman–Crippen LogP) is 0.810.